The molecule has 0 radical (unpaired) electrons. The van der Waals surface area contributed by atoms with Crippen LogP contribution in [0.3, 0.4) is 0 Å². The fourth-order valence-corrected chi connectivity index (χ4v) is 4.04. The third kappa shape index (κ3) is 3.49. The Kier molecular flexibility index (Phi) is 5.36. The van der Waals surface area contributed by atoms with Gasteiger partial charge in [0.2, 0.25) is 0 Å². The minimum atomic E-state index is -0.386. The van der Waals surface area contributed by atoms with Crippen LogP contribution in [0, 0.1) is 13.8 Å². The number of rotatable bonds is 6. The minimum Gasteiger partial charge on any atom is -0.325 e. The summed E-state index contributed by atoms with van der Waals surface area (Å²) in [5.74, 6) is 1.42. The average molecular weight is 372 g/mol. The number of unbranched alkanes of at least 4 members (excludes halogenated alkanes) is 1. The van der Waals surface area contributed by atoms with Gasteiger partial charge in [0, 0.05) is 18.5 Å². The van der Waals surface area contributed by atoms with E-state index in [9.17, 15) is 9.59 Å². The Morgan fingerprint density at radius 2 is 2.00 bits per heavy atom. The number of benzene rings is 1. The van der Waals surface area contributed by atoms with Crippen molar-refractivity contribution >= 4 is 22.9 Å². The highest BCUT2D eigenvalue weighted by molar-refractivity contribution is 7.98. The second-order valence-electron chi connectivity index (χ2n) is 6.58. The molecule has 0 atom stereocenters. The number of H-pyrrole nitrogens is 1. The van der Waals surface area contributed by atoms with Crippen molar-refractivity contribution in [3.63, 3.8) is 0 Å². The summed E-state index contributed by atoms with van der Waals surface area (Å²) >= 11 is 1.69. The molecule has 7 heteroatoms. The summed E-state index contributed by atoms with van der Waals surface area (Å²) in [6, 6.07) is 6.36. The first-order valence-corrected chi connectivity index (χ1v) is 9.79. The van der Waals surface area contributed by atoms with E-state index in [4.69, 9.17) is 0 Å². The number of aromatic amines is 1. The molecule has 0 spiro atoms. The van der Waals surface area contributed by atoms with Crippen molar-refractivity contribution in [2.45, 2.75) is 50.8 Å². The Morgan fingerprint density at radius 1 is 1.23 bits per heavy atom. The summed E-state index contributed by atoms with van der Waals surface area (Å²) in [7, 11) is 1.83. The normalized spacial score (nSPS) is 11.4. The number of thioether (sulfide) groups is 1. The zero-order valence-corrected chi connectivity index (χ0v) is 16.4. The Balaban J connectivity index is 1.99. The molecule has 0 bridgehead atoms. The molecule has 26 heavy (non-hydrogen) atoms. The Hall–Kier alpha value is -2.28. The predicted molar refractivity (Wildman–Crippen MR) is 106 cm³/mol. The van der Waals surface area contributed by atoms with Gasteiger partial charge in [-0.2, -0.15) is 0 Å². The molecule has 138 valence electrons. The lowest BCUT2D eigenvalue weighted by Crippen LogP contribution is -2.31. The fraction of sp³-hybridized carbons (Fsp3) is 0.421. The van der Waals surface area contributed by atoms with Crippen LogP contribution in [0.5, 0.6) is 0 Å². The van der Waals surface area contributed by atoms with E-state index in [1.54, 1.807) is 20.9 Å². The van der Waals surface area contributed by atoms with E-state index in [1.807, 2.05) is 7.05 Å². The van der Waals surface area contributed by atoms with Crippen molar-refractivity contribution in [3.8, 4) is 0 Å². The fourth-order valence-electron chi connectivity index (χ4n) is 3.05. The van der Waals surface area contributed by atoms with Crippen molar-refractivity contribution in [2.24, 2.45) is 7.05 Å². The van der Waals surface area contributed by atoms with E-state index < -0.39 is 0 Å². The molecular weight excluding hydrogens is 348 g/mol. The van der Waals surface area contributed by atoms with Crippen LogP contribution in [-0.2, 0) is 19.3 Å². The second kappa shape index (κ2) is 7.53. The lowest BCUT2D eigenvalue weighted by molar-refractivity contribution is 0.613. The summed E-state index contributed by atoms with van der Waals surface area (Å²) in [6.45, 7) is 6.80. The quantitative estimate of drug-likeness (QED) is 0.675. The van der Waals surface area contributed by atoms with E-state index >= 15 is 0 Å². The molecule has 3 aromatic rings. The van der Waals surface area contributed by atoms with Gasteiger partial charge in [-0.05, 0) is 31.9 Å². The first-order chi connectivity index (χ1) is 12.4. The summed E-state index contributed by atoms with van der Waals surface area (Å²) in [5.41, 5.74) is 2.63. The van der Waals surface area contributed by atoms with Crippen LogP contribution >= 0.6 is 11.8 Å². The molecule has 0 fully saturated rings. The molecule has 3 rings (SSSR count). The molecule has 2 aromatic heterocycles. The molecule has 0 amide bonds. The molecule has 0 unspecified atom stereocenters. The van der Waals surface area contributed by atoms with Gasteiger partial charge in [0.05, 0.1) is 5.75 Å². The highest BCUT2D eigenvalue weighted by atomic mass is 32.2. The molecule has 0 aliphatic rings. The van der Waals surface area contributed by atoms with Gasteiger partial charge in [0.15, 0.2) is 11.2 Å². The zero-order chi connectivity index (χ0) is 18.8. The van der Waals surface area contributed by atoms with Crippen molar-refractivity contribution < 1.29 is 0 Å². The van der Waals surface area contributed by atoms with Gasteiger partial charge in [-0.15, -0.1) is 11.8 Å². The molecule has 2 heterocycles. The number of imidazole rings is 1. The van der Waals surface area contributed by atoms with Crippen LogP contribution in [0.25, 0.3) is 11.2 Å². The first kappa shape index (κ1) is 18.5. The first-order valence-electron chi connectivity index (χ1n) is 8.80. The SMILES string of the molecule is CCCCn1c(=O)[nH]c(=O)c2c1nc(CSc1ccc(C)cc1C)n2C. The van der Waals surface area contributed by atoms with E-state index in [1.165, 1.54) is 16.0 Å². The third-order valence-electron chi connectivity index (χ3n) is 4.53. The van der Waals surface area contributed by atoms with Gasteiger partial charge >= 0.3 is 5.69 Å². The molecule has 0 saturated carbocycles. The standard InChI is InChI=1S/C19H24N4O2S/c1-5-6-9-23-17-16(18(24)21-19(23)25)22(4)15(20-17)11-26-14-8-7-12(2)10-13(14)3/h7-8,10H,5-6,9,11H2,1-4H3,(H,21,24,25). The summed E-state index contributed by atoms with van der Waals surface area (Å²) in [4.78, 5) is 32.7. The Bertz CT molecular complexity index is 1060. The third-order valence-corrected chi connectivity index (χ3v) is 5.70. The van der Waals surface area contributed by atoms with E-state index in [-0.39, 0.29) is 11.2 Å². The van der Waals surface area contributed by atoms with E-state index in [0.717, 1.165) is 18.7 Å². The number of fused-ring (bicyclic) bond motifs is 1. The monoisotopic (exact) mass is 372 g/mol. The highest BCUT2D eigenvalue weighted by Crippen LogP contribution is 2.27. The molecule has 1 N–H and O–H groups in total. The van der Waals surface area contributed by atoms with E-state index in [0.29, 0.717) is 23.5 Å². The molecule has 0 aliphatic carbocycles. The van der Waals surface area contributed by atoms with Crippen molar-refractivity contribution in [1.82, 2.24) is 19.1 Å². The topological polar surface area (TPSA) is 72.7 Å². The van der Waals surface area contributed by atoms with E-state index in [2.05, 4.69) is 48.9 Å². The molecular formula is C19H24N4O2S. The number of hydrogen-bond acceptors (Lipinski definition) is 4. The molecule has 0 saturated heterocycles. The van der Waals surface area contributed by atoms with Crippen LogP contribution in [-0.4, -0.2) is 19.1 Å². The average Bonchev–Trinajstić information content (AvgIpc) is 2.91. The van der Waals surface area contributed by atoms with Gasteiger partial charge in [-0.3, -0.25) is 14.3 Å². The lowest BCUT2D eigenvalue weighted by atomic mass is 10.2. The molecule has 0 aliphatic heterocycles. The summed E-state index contributed by atoms with van der Waals surface area (Å²) < 4.78 is 3.37. The van der Waals surface area contributed by atoms with Crippen molar-refractivity contribution in [3.05, 3.63) is 56.0 Å². The largest absolute Gasteiger partial charge is 0.330 e. The Labute approximate surface area is 156 Å². The van der Waals surface area contributed by atoms with Crippen LogP contribution in [0.4, 0.5) is 0 Å². The minimum absolute atomic E-state index is 0.379. The summed E-state index contributed by atoms with van der Waals surface area (Å²) in [6.07, 6.45) is 1.83. The van der Waals surface area contributed by atoms with Gasteiger partial charge in [0.25, 0.3) is 5.56 Å². The number of nitrogens with zero attached hydrogens (tertiary/aromatic N) is 3. The number of aromatic nitrogens is 4. The number of aryl methyl sites for hydroxylation is 4. The summed E-state index contributed by atoms with van der Waals surface area (Å²) in [5, 5.41) is 0. The van der Waals surface area contributed by atoms with Crippen LogP contribution < -0.4 is 11.2 Å². The van der Waals surface area contributed by atoms with Crippen LogP contribution in [0.1, 0.15) is 36.7 Å². The highest BCUT2D eigenvalue weighted by Gasteiger charge is 2.16. The number of hydrogen-bond donors (Lipinski definition) is 1. The predicted octanol–water partition coefficient (Wildman–Crippen LogP) is 3.13. The lowest BCUT2D eigenvalue weighted by Gasteiger charge is -2.06. The Morgan fingerprint density at radius 3 is 2.69 bits per heavy atom. The van der Waals surface area contributed by atoms with Crippen LogP contribution in [0.2, 0.25) is 0 Å². The van der Waals surface area contributed by atoms with Gasteiger partial charge < -0.3 is 4.57 Å². The van der Waals surface area contributed by atoms with Crippen LogP contribution in [0.15, 0.2) is 32.7 Å². The maximum atomic E-state index is 12.3. The van der Waals surface area contributed by atoms with Crippen molar-refractivity contribution in [2.75, 3.05) is 0 Å². The maximum Gasteiger partial charge on any atom is 0.330 e. The zero-order valence-electron chi connectivity index (χ0n) is 15.6. The number of nitrogens with one attached hydrogen (secondary N) is 1. The van der Waals surface area contributed by atoms with Gasteiger partial charge in [0.1, 0.15) is 5.82 Å². The smallest absolute Gasteiger partial charge is 0.325 e. The van der Waals surface area contributed by atoms with Crippen molar-refractivity contribution in [1.29, 1.82) is 0 Å². The maximum absolute atomic E-state index is 12.3. The van der Waals surface area contributed by atoms with Gasteiger partial charge in [-0.1, -0.05) is 31.0 Å². The molecule has 1 aromatic carbocycles. The van der Waals surface area contributed by atoms with Gasteiger partial charge in [-0.25, -0.2) is 9.78 Å². The second-order valence-corrected chi connectivity index (χ2v) is 7.60. The molecule has 6 nitrogen and oxygen atoms in total.